The lowest BCUT2D eigenvalue weighted by molar-refractivity contribution is -0.387. The number of aliphatic hydroxyl groups excluding tert-OH is 1. The molecule has 1 aromatic carbocycles. The SMILES string of the molecule is O=[N+]([O-])c1ccc(Br)cc1S(=O)(=O)NC1(CO)CCC1. The molecule has 0 heterocycles. The highest BCUT2D eigenvalue weighted by atomic mass is 79.9. The maximum Gasteiger partial charge on any atom is 0.289 e. The van der Waals surface area contributed by atoms with E-state index in [1.165, 1.54) is 12.1 Å². The fraction of sp³-hybridized carbons (Fsp3) is 0.455. The van der Waals surface area contributed by atoms with Crippen LogP contribution in [0, 0.1) is 10.1 Å². The monoisotopic (exact) mass is 364 g/mol. The Morgan fingerprint density at radius 2 is 2.10 bits per heavy atom. The summed E-state index contributed by atoms with van der Waals surface area (Å²) in [6, 6.07) is 3.72. The fourth-order valence-corrected chi connectivity index (χ4v) is 4.25. The minimum Gasteiger partial charge on any atom is -0.394 e. The molecule has 2 N–H and O–H groups in total. The van der Waals surface area contributed by atoms with Gasteiger partial charge in [-0.15, -0.1) is 0 Å². The highest BCUT2D eigenvalue weighted by Gasteiger charge is 2.41. The summed E-state index contributed by atoms with van der Waals surface area (Å²) in [5.41, 5.74) is -1.39. The Labute approximate surface area is 124 Å². The summed E-state index contributed by atoms with van der Waals surface area (Å²) in [5, 5.41) is 20.3. The molecule has 0 aromatic heterocycles. The van der Waals surface area contributed by atoms with E-state index in [0.29, 0.717) is 17.3 Å². The van der Waals surface area contributed by atoms with Crippen molar-refractivity contribution in [3.8, 4) is 0 Å². The first-order valence-electron chi connectivity index (χ1n) is 5.88. The summed E-state index contributed by atoms with van der Waals surface area (Å²) in [5.74, 6) is 0. The van der Waals surface area contributed by atoms with Crippen LogP contribution in [0.1, 0.15) is 19.3 Å². The molecule has 0 saturated heterocycles. The van der Waals surface area contributed by atoms with Crippen molar-refractivity contribution < 1.29 is 18.4 Å². The molecule has 1 aromatic rings. The number of nitro benzene ring substituents is 1. The molecule has 1 saturated carbocycles. The van der Waals surface area contributed by atoms with Crippen LogP contribution in [-0.4, -0.2) is 30.6 Å². The molecule has 2 rings (SSSR count). The number of sulfonamides is 1. The molecule has 0 atom stereocenters. The second kappa shape index (κ2) is 5.40. The van der Waals surface area contributed by atoms with Crippen molar-refractivity contribution in [2.75, 3.05) is 6.61 Å². The molecular weight excluding hydrogens is 352 g/mol. The van der Waals surface area contributed by atoms with Crippen molar-refractivity contribution in [2.24, 2.45) is 0 Å². The van der Waals surface area contributed by atoms with Crippen LogP contribution >= 0.6 is 15.9 Å². The van der Waals surface area contributed by atoms with Crippen LogP contribution in [0.2, 0.25) is 0 Å². The number of aliphatic hydroxyl groups is 1. The van der Waals surface area contributed by atoms with E-state index in [4.69, 9.17) is 0 Å². The smallest absolute Gasteiger partial charge is 0.289 e. The van der Waals surface area contributed by atoms with E-state index >= 15 is 0 Å². The van der Waals surface area contributed by atoms with Gasteiger partial charge in [-0.1, -0.05) is 15.9 Å². The predicted molar refractivity (Wildman–Crippen MR) is 74.8 cm³/mol. The lowest BCUT2D eigenvalue weighted by atomic mass is 9.78. The van der Waals surface area contributed by atoms with E-state index in [9.17, 15) is 23.6 Å². The molecule has 0 bridgehead atoms. The number of nitrogens with one attached hydrogen (secondary N) is 1. The van der Waals surface area contributed by atoms with Gasteiger partial charge in [0.05, 0.1) is 17.1 Å². The molecule has 110 valence electrons. The van der Waals surface area contributed by atoms with Gasteiger partial charge in [-0.25, -0.2) is 13.1 Å². The van der Waals surface area contributed by atoms with Gasteiger partial charge < -0.3 is 5.11 Å². The zero-order valence-electron chi connectivity index (χ0n) is 10.4. The van der Waals surface area contributed by atoms with Crippen LogP contribution in [0.4, 0.5) is 5.69 Å². The molecule has 0 aliphatic heterocycles. The van der Waals surface area contributed by atoms with Crippen LogP contribution in [0.5, 0.6) is 0 Å². The minimum absolute atomic E-state index is 0.325. The lowest BCUT2D eigenvalue weighted by Gasteiger charge is -2.40. The van der Waals surface area contributed by atoms with Gasteiger partial charge >= 0.3 is 0 Å². The summed E-state index contributed by atoms with van der Waals surface area (Å²) in [6.45, 7) is -0.325. The van der Waals surface area contributed by atoms with Crippen molar-refractivity contribution in [2.45, 2.75) is 29.7 Å². The molecular formula is C11H13BrN2O5S. The topological polar surface area (TPSA) is 110 Å². The van der Waals surface area contributed by atoms with Crippen LogP contribution in [0.15, 0.2) is 27.6 Å². The summed E-state index contributed by atoms with van der Waals surface area (Å²) in [7, 11) is -4.07. The van der Waals surface area contributed by atoms with Gasteiger partial charge in [-0.05, 0) is 31.4 Å². The van der Waals surface area contributed by atoms with Crippen LogP contribution in [-0.2, 0) is 10.0 Å². The largest absolute Gasteiger partial charge is 0.394 e. The average Bonchev–Trinajstić information content (AvgIpc) is 2.33. The first-order valence-corrected chi connectivity index (χ1v) is 8.16. The number of hydrogen-bond acceptors (Lipinski definition) is 5. The van der Waals surface area contributed by atoms with Gasteiger partial charge in [-0.2, -0.15) is 0 Å². The number of hydrogen-bond donors (Lipinski definition) is 2. The second-order valence-electron chi connectivity index (χ2n) is 4.77. The summed E-state index contributed by atoms with van der Waals surface area (Å²) >= 11 is 3.10. The van der Waals surface area contributed by atoms with Gasteiger partial charge in [0, 0.05) is 10.5 Å². The maximum atomic E-state index is 12.3. The Morgan fingerprint density at radius 1 is 1.45 bits per heavy atom. The van der Waals surface area contributed by atoms with Crippen molar-refractivity contribution >= 4 is 31.6 Å². The molecule has 9 heteroatoms. The minimum atomic E-state index is -4.07. The first kappa shape index (κ1) is 15.4. The Bertz CT molecular complexity index is 637. The van der Waals surface area contributed by atoms with E-state index < -0.39 is 31.1 Å². The van der Waals surface area contributed by atoms with Crippen molar-refractivity contribution in [3.63, 3.8) is 0 Å². The molecule has 1 aliphatic carbocycles. The Balaban J connectivity index is 2.43. The van der Waals surface area contributed by atoms with Crippen LogP contribution in [0.3, 0.4) is 0 Å². The Hall–Kier alpha value is -1.03. The van der Waals surface area contributed by atoms with Gasteiger partial charge in [0.1, 0.15) is 0 Å². The number of benzene rings is 1. The van der Waals surface area contributed by atoms with E-state index in [0.717, 1.165) is 12.5 Å². The quantitative estimate of drug-likeness (QED) is 0.608. The summed E-state index contributed by atoms with van der Waals surface area (Å²) < 4.78 is 27.5. The van der Waals surface area contributed by atoms with Gasteiger partial charge in [-0.3, -0.25) is 10.1 Å². The van der Waals surface area contributed by atoms with E-state index in [1.54, 1.807) is 0 Å². The van der Waals surface area contributed by atoms with Crippen LogP contribution in [0.25, 0.3) is 0 Å². The molecule has 0 radical (unpaired) electrons. The Morgan fingerprint density at radius 3 is 2.55 bits per heavy atom. The van der Waals surface area contributed by atoms with Gasteiger partial charge in [0.15, 0.2) is 4.90 Å². The maximum absolute atomic E-state index is 12.3. The first-order chi connectivity index (χ1) is 9.30. The molecule has 1 aliphatic rings. The number of nitro groups is 1. The Kier molecular flexibility index (Phi) is 4.14. The fourth-order valence-electron chi connectivity index (χ4n) is 2.09. The van der Waals surface area contributed by atoms with Crippen molar-refractivity contribution in [3.05, 3.63) is 32.8 Å². The van der Waals surface area contributed by atoms with E-state index in [2.05, 4.69) is 20.7 Å². The van der Waals surface area contributed by atoms with Gasteiger partial charge in [0.25, 0.3) is 5.69 Å². The third-order valence-corrected chi connectivity index (χ3v) is 5.47. The number of halogens is 1. The molecule has 0 amide bonds. The highest BCUT2D eigenvalue weighted by molar-refractivity contribution is 9.10. The summed E-state index contributed by atoms with van der Waals surface area (Å²) in [4.78, 5) is 9.80. The van der Waals surface area contributed by atoms with Gasteiger partial charge in [0.2, 0.25) is 10.0 Å². The summed E-state index contributed by atoms with van der Waals surface area (Å²) in [6.07, 6.45) is 1.85. The van der Waals surface area contributed by atoms with Crippen molar-refractivity contribution in [1.29, 1.82) is 0 Å². The van der Waals surface area contributed by atoms with E-state index in [-0.39, 0.29) is 6.61 Å². The third-order valence-electron chi connectivity index (χ3n) is 3.37. The zero-order chi connectivity index (χ0) is 15.0. The zero-order valence-corrected chi connectivity index (χ0v) is 12.8. The molecule has 7 nitrogen and oxygen atoms in total. The normalized spacial score (nSPS) is 17.5. The number of rotatable bonds is 5. The lowest BCUT2D eigenvalue weighted by Crippen LogP contribution is -2.56. The van der Waals surface area contributed by atoms with E-state index in [1.807, 2.05) is 0 Å². The van der Waals surface area contributed by atoms with Crippen molar-refractivity contribution in [1.82, 2.24) is 4.72 Å². The highest BCUT2D eigenvalue weighted by Crippen LogP contribution is 2.35. The number of nitrogens with zero attached hydrogens (tertiary/aromatic N) is 1. The van der Waals surface area contributed by atoms with Crippen LogP contribution < -0.4 is 4.72 Å². The molecule has 20 heavy (non-hydrogen) atoms. The molecule has 0 unspecified atom stereocenters. The average molecular weight is 365 g/mol. The second-order valence-corrected chi connectivity index (χ2v) is 7.33. The third kappa shape index (κ3) is 2.85. The standard InChI is InChI=1S/C11H13BrN2O5S/c12-8-2-3-9(14(16)17)10(6-8)20(18,19)13-11(7-15)4-1-5-11/h2-3,6,13,15H,1,4-5,7H2. The molecule has 1 fully saturated rings. The molecule has 0 spiro atoms. The predicted octanol–water partition coefficient (Wildman–Crippen LogP) is 1.55.